The third kappa shape index (κ3) is 4.00. The molecule has 0 unspecified atom stereocenters. The van der Waals surface area contributed by atoms with Gasteiger partial charge in [-0.15, -0.1) is 0 Å². The molecule has 0 atom stereocenters. The maximum Gasteiger partial charge on any atom is 0.534 e. The Labute approximate surface area is 148 Å². The SMILES string of the molecule is CN(C)CCN(C)c1cc(OS(=O)(=O)C(F)(F)F)c2c(C#N)cnn2c1. The van der Waals surface area contributed by atoms with E-state index in [2.05, 4.69) is 9.28 Å². The highest BCUT2D eigenvalue weighted by Gasteiger charge is 2.49. The summed E-state index contributed by atoms with van der Waals surface area (Å²) < 4.78 is 66.3. The minimum absolute atomic E-state index is 0.111. The lowest BCUT2D eigenvalue weighted by Crippen LogP contribution is -2.29. The normalized spacial score (nSPS) is 12.4. The Kier molecular flexibility index (Phi) is 5.33. The van der Waals surface area contributed by atoms with Crippen LogP contribution in [-0.4, -0.2) is 62.7 Å². The van der Waals surface area contributed by atoms with Crippen LogP contribution in [0, 0.1) is 11.3 Å². The highest BCUT2D eigenvalue weighted by molar-refractivity contribution is 7.88. The lowest BCUT2D eigenvalue weighted by molar-refractivity contribution is -0.0499. The fraction of sp³-hybridized carbons (Fsp3) is 0.429. The van der Waals surface area contributed by atoms with Crippen molar-refractivity contribution in [1.82, 2.24) is 14.5 Å². The molecule has 0 fully saturated rings. The maximum atomic E-state index is 12.7. The zero-order valence-electron chi connectivity index (χ0n) is 14.1. The van der Waals surface area contributed by atoms with E-state index in [-0.39, 0.29) is 11.1 Å². The number of halogens is 3. The van der Waals surface area contributed by atoms with Crippen molar-refractivity contribution >= 4 is 21.3 Å². The molecule has 0 saturated carbocycles. The number of fused-ring (bicyclic) bond motifs is 1. The Morgan fingerprint density at radius 1 is 1.31 bits per heavy atom. The molecule has 0 N–H and O–H groups in total. The van der Waals surface area contributed by atoms with E-state index < -0.39 is 21.4 Å². The number of anilines is 1. The van der Waals surface area contributed by atoms with Crippen LogP contribution in [0.2, 0.25) is 0 Å². The number of rotatable bonds is 6. The van der Waals surface area contributed by atoms with Crippen molar-refractivity contribution in [2.24, 2.45) is 0 Å². The highest BCUT2D eigenvalue weighted by atomic mass is 32.2. The minimum atomic E-state index is -5.89. The van der Waals surface area contributed by atoms with Gasteiger partial charge in [-0.25, -0.2) is 4.52 Å². The van der Waals surface area contributed by atoms with Crippen molar-refractivity contribution in [3.05, 3.63) is 24.0 Å². The Balaban J connectivity index is 2.55. The molecular weight excluding hydrogens is 375 g/mol. The van der Waals surface area contributed by atoms with Crippen LogP contribution in [0.5, 0.6) is 5.75 Å². The van der Waals surface area contributed by atoms with Gasteiger partial charge in [0.05, 0.1) is 18.1 Å². The van der Waals surface area contributed by atoms with Crippen molar-refractivity contribution in [1.29, 1.82) is 5.26 Å². The molecule has 2 rings (SSSR count). The number of aromatic nitrogens is 2. The molecule has 2 aromatic rings. The molecule has 0 bridgehead atoms. The third-order valence-corrected chi connectivity index (χ3v) is 4.46. The van der Waals surface area contributed by atoms with Gasteiger partial charge in [-0.3, -0.25) is 0 Å². The average Bonchev–Trinajstić information content (AvgIpc) is 2.94. The lowest BCUT2D eigenvalue weighted by atomic mass is 10.2. The molecule has 0 amide bonds. The highest BCUT2D eigenvalue weighted by Crippen LogP contribution is 2.33. The van der Waals surface area contributed by atoms with Crippen molar-refractivity contribution < 1.29 is 25.8 Å². The monoisotopic (exact) mass is 391 g/mol. The number of nitriles is 1. The Hall–Kier alpha value is -2.52. The van der Waals surface area contributed by atoms with Gasteiger partial charge in [0.15, 0.2) is 5.75 Å². The second-order valence-electron chi connectivity index (χ2n) is 5.73. The molecule has 12 heteroatoms. The Morgan fingerprint density at radius 2 is 1.96 bits per heavy atom. The van der Waals surface area contributed by atoms with Gasteiger partial charge in [0.25, 0.3) is 0 Å². The summed E-state index contributed by atoms with van der Waals surface area (Å²) in [6.45, 7) is 1.16. The summed E-state index contributed by atoms with van der Waals surface area (Å²) in [5.74, 6) is -0.620. The largest absolute Gasteiger partial charge is 0.534 e. The quantitative estimate of drug-likeness (QED) is 0.543. The van der Waals surface area contributed by atoms with Crippen LogP contribution in [-0.2, 0) is 10.1 Å². The first-order chi connectivity index (χ1) is 12.0. The Morgan fingerprint density at radius 3 is 2.50 bits per heavy atom. The maximum absolute atomic E-state index is 12.7. The van der Waals surface area contributed by atoms with E-state index in [1.54, 1.807) is 18.0 Å². The number of hydrogen-bond donors (Lipinski definition) is 0. The van der Waals surface area contributed by atoms with Crippen LogP contribution in [0.4, 0.5) is 18.9 Å². The van der Waals surface area contributed by atoms with E-state index in [9.17, 15) is 21.6 Å². The molecule has 8 nitrogen and oxygen atoms in total. The Bertz CT molecular complexity index is 947. The minimum Gasteiger partial charge on any atom is -0.374 e. The molecule has 2 aromatic heterocycles. The van der Waals surface area contributed by atoms with Gasteiger partial charge in [0.2, 0.25) is 0 Å². The van der Waals surface area contributed by atoms with Crippen molar-refractivity contribution in [3.8, 4) is 11.8 Å². The van der Waals surface area contributed by atoms with Crippen molar-refractivity contribution in [2.75, 3.05) is 39.1 Å². The van der Waals surface area contributed by atoms with Crippen molar-refractivity contribution in [3.63, 3.8) is 0 Å². The van der Waals surface area contributed by atoms with Crippen LogP contribution in [0.3, 0.4) is 0 Å². The molecule has 0 aromatic carbocycles. The molecule has 0 spiro atoms. The van der Waals surface area contributed by atoms with Crippen LogP contribution in [0.25, 0.3) is 5.52 Å². The second kappa shape index (κ2) is 7.00. The van der Waals surface area contributed by atoms with Gasteiger partial charge in [-0.1, -0.05) is 0 Å². The van der Waals surface area contributed by atoms with E-state index in [4.69, 9.17) is 5.26 Å². The summed E-state index contributed by atoms with van der Waals surface area (Å²) in [7, 11) is -0.498. The first-order valence-electron chi connectivity index (χ1n) is 7.24. The summed E-state index contributed by atoms with van der Waals surface area (Å²) in [5.41, 5.74) is -5.49. The second-order valence-corrected chi connectivity index (χ2v) is 7.27. The van der Waals surface area contributed by atoms with Gasteiger partial charge in [-0.05, 0) is 14.1 Å². The zero-order chi connectivity index (χ0) is 19.7. The predicted molar refractivity (Wildman–Crippen MR) is 87.3 cm³/mol. The van der Waals surface area contributed by atoms with Gasteiger partial charge in [0.1, 0.15) is 17.1 Å². The summed E-state index contributed by atoms with van der Waals surface area (Å²) in [5, 5.41) is 13.0. The zero-order valence-corrected chi connectivity index (χ0v) is 15.0. The van der Waals surface area contributed by atoms with Crippen molar-refractivity contribution in [2.45, 2.75) is 5.51 Å². The summed E-state index contributed by atoms with van der Waals surface area (Å²) in [6, 6.07) is 2.88. The van der Waals surface area contributed by atoms with Crippen LogP contribution < -0.4 is 9.08 Å². The van der Waals surface area contributed by atoms with Crippen LogP contribution in [0.15, 0.2) is 18.5 Å². The smallest absolute Gasteiger partial charge is 0.374 e. The molecule has 26 heavy (non-hydrogen) atoms. The summed E-state index contributed by atoms with van der Waals surface area (Å²) in [6.07, 6.45) is 2.59. The molecule has 0 saturated heterocycles. The number of nitrogens with zero attached hydrogens (tertiary/aromatic N) is 5. The number of likely N-dealkylation sites (N-methyl/N-ethyl adjacent to an activating group) is 2. The van der Waals surface area contributed by atoms with Gasteiger partial charge >= 0.3 is 15.6 Å². The van der Waals surface area contributed by atoms with E-state index in [1.807, 2.05) is 19.0 Å². The van der Waals surface area contributed by atoms with Gasteiger partial charge < -0.3 is 14.0 Å². The first kappa shape index (κ1) is 19.8. The van der Waals surface area contributed by atoms with Crippen LogP contribution >= 0.6 is 0 Å². The number of hydrogen-bond acceptors (Lipinski definition) is 7. The molecule has 0 aliphatic rings. The lowest BCUT2D eigenvalue weighted by Gasteiger charge is -2.22. The first-order valence-corrected chi connectivity index (χ1v) is 8.65. The van der Waals surface area contributed by atoms with E-state index in [1.165, 1.54) is 6.20 Å². The number of pyridine rings is 1. The average molecular weight is 391 g/mol. The molecule has 142 valence electrons. The van der Waals surface area contributed by atoms with E-state index >= 15 is 0 Å². The van der Waals surface area contributed by atoms with E-state index in [0.29, 0.717) is 18.8 Å². The predicted octanol–water partition coefficient (Wildman–Crippen LogP) is 1.43. The molecule has 2 heterocycles. The van der Waals surface area contributed by atoms with Gasteiger partial charge in [0, 0.05) is 26.2 Å². The molecule has 0 aliphatic carbocycles. The number of alkyl halides is 3. The van der Waals surface area contributed by atoms with E-state index in [0.717, 1.165) is 16.8 Å². The fourth-order valence-corrected chi connectivity index (χ4v) is 2.53. The standard InChI is InChI=1S/C14H16F3N5O3S/c1-20(2)4-5-21(3)11-6-12(25-26(23,24)14(15,16)17)13-10(7-18)8-19-22(13)9-11/h6,8-9H,4-5H2,1-3H3. The molecular formula is C14H16F3N5O3S. The summed E-state index contributed by atoms with van der Waals surface area (Å²) in [4.78, 5) is 3.60. The fourth-order valence-electron chi connectivity index (χ4n) is 2.07. The van der Waals surface area contributed by atoms with Gasteiger partial charge in [-0.2, -0.15) is 31.9 Å². The third-order valence-electron chi connectivity index (χ3n) is 3.49. The topological polar surface area (TPSA) is 90.9 Å². The molecule has 0 aliphatic heterocycles. The van der Waals surface area contributed by atoms with Crippen LogP contribution in [0.1, 0.15) is 5.56 Å². The molecule has 0 radical (unpaired) electrons. The summed E-state index contributed by atoms with van der Waals surface area (Å²) >= 11 is 0.